The molecule has 6 nitrogen and oxygen atoms in total. The van der Waals surface area contributed by atoms with Gasteiger partial charge in [-0.05, 0) is 19.4 Å². The van der Waals surface area contributed by atoms with E-state index in [4.69, 9.17) is 5.11 Å². The van der Waals surface area contributed by atoms with E-state index in [0.29, 0.717) is 19.5 Å². The van der Waals surface area contributed by atoms with E-state index in [-0.39, 0.29) is 6.03 Å². The lowest BCUT2D eigenvalue weighted by atomic mass is 10.1. The largest absolute Gasteiger partial charge is 0.480 e. The fourth-order valence-electron chi connectivity index (χ4n) is 2.40. The number of rotatable bonds is 7. The van der Waals surface area contributed by atoms with Crippen molar-refractivity contribution in [3.63, 3.8) is 0 Å². The van der Waals surface area contributed by atoms with Crippen LogP contribution in [0.2, 0.25) is 0 Å². The molecule has 0 bridgehead atoms. The summed E-state index contributed by atoms with van der Waals surface area (Å²) >= 11 is 0. The molecule has 1 atom stereocenters. The van der Waals surface area contributed by atoms with Gasteiger partial charge in [-0.2, -0.15) is 0 Å². The number of unbranched alkanes of at least 4 members (excludes halogenated alkanes) is 1. The molecule has 1 heterocycles. The van der Waals surface area contributed by atoms with Crippen LogP contribution in [-0.2, 0) is 4.79 Å². The van der Waals surface area contributed by atoms with Crippen LogP contribution in [0.1, 0.15) is 39.5 Å². The normalized spacial score (nSPS) is 17.8. The minimum atomic E-state index is -0.948. The predicted molar refractivity (Wildman–Crippen MR) is 77.8 cm³/mol. The summed E-state index contributed by atoms with van der Waals surface area (Å²) in [5.41, 5.74) is 0. The van der Waals surface area contributed by atoms with E-state index in [0.717, 1.165) is 38.9 Å². The third kappa shape index (κ3) is 5.36. The molecule has 116 valence electrons. The van der Waals surface area contributed by atoms with Gasteiger partial charge in [0.1, 0.15) is 6.04 Å². The van der Waals surface area contributed by atoms with Gasteiger partial charge in [0.05, 0.1) is 0 Å². The third-order valence-electron chi connectivity index (χ3n) is 3.64. The summed E-state index contributed by atoms with van der Waals surface area (Å²) in [5.74, 6) is -0.948. The van der Waals surface area contributed by atoms with Gasteiger partial charge in [-0.3, -0.25) is 4.90 Å². The lowest BCUT2D eigenvalue weighted by Gasteiger charge is -2.35. The number of nitrogens with one attached hydrogen (secondary N) is 1. The highest BCUT2D eigenvalue weighted by Gasteiger charge is 2.25. The highest BCUT2D eigenvalue weighted by molar-refractivity contribution is 5.82. The average molecular weight is 285 g/mol. The van der Waals surface area contributed by atoms with Crippen molar-refractivity contribution in [2.45, 2.75) is 45.6 Å². The van der Waals surface area contributed by atoms with E-state index in [1.54, 1.807) is 4.90 Å². The molecule has 0 aromatic rings. The number of aliphatic carboxylic acids is 1. The molecule has 0 aromatic heterocycles. The number of carbonyl (C=O) groups is 2. The van der Waals surface area contributed by atoms with Gasteiger partial charge in [-0.25, -0.2) is 9.59 Å². The summed E-state index contributed by atoms with van der Waals surface area (Å²) in [4.78, 5) is 27.2. The zero-order chi connectivity index (χ0) is 15.0. The minimum Gasteiger partial charge on any atom is -0.480 e. The summed E-state index contributed by atoms with van der Waals surface area (Å²) in [6, 6.07) is -1.01. The summed E-state index contributed by atoms with van der Waals surface area (Å²) in [6.07, 6.45) is 3.34. The van der Waals surface area contributed by atoms with Crippen molar-refractivity contribution in [3.8, 4) is 0 Å². The lowest BCUT2D eigenvalue weighted by Crippen LogP contribution is -2.54. The number of nitrogens with zero attached hydrogens (tertiary/aromatic N) is 2. The second kappa shape index (κ2) is 8.79. The molecule has 6 heteroatoms. The molecule has 1 aliphatic heterocycles. The Bertz CT molecular complexity index is 315. The van der Waals surface area contributed by atoms with E-state index >= 15 is 0 Å². The predicted octanol–water partition coefficient (Wildman–Crippen LogP) is 1.37. The number of amides is 2. The molecule has 1 saturated heterocycles. The number of urea groups is 1. The average Bonchev–Trinajstić information content (AvgIpc) is 2.44. The Labute approximate surface area is 121 Å². The number of carboxylic acids is 1. The van der Waals surface area contributed by atoms with Crippen LogP contribution in [0.25, 0.3) is 0 Å². The van der Waals surface area contributed by atoms with Crippen molar-refractivity contribution in [2.75, 3.05) is 32.7 Å². The molecule has 0 unspecified atom stereocenters. The minimum absolute atomic E-state index is 0.246. The Hall–Kier alpha value is -1.30. The molecule has 0 spiro atoms. The summed E-state index contributed by atoms with van der Waals surface area (Å²) in [5, 5.41) is 11.8. The van der Waals surface area contributed by atoms with Crippen LogP contribution >= 0.6 is 0 Å². The first-order valence-electron chi connectivity index (χ1n) is 7.59. The molecule has 1 rings (SSSR count). The van der Waals surface area contributed by atoms with Gasteiger partial charge in [0.15, 0.2) is 0 Å². The Kier molecular flexibility index (Phi) is 7.36. The Morgan fingerprint density at radius 3 is 2.30 bits per heavy atom. The van der Waals surface area contributed by atoms with Gasteiger partial charge >= 0.3 is 12.0 Å². The van der Waals surface area contributed by atoms with Gasteiger partial charge in [0, 0.05) is 26.2 Å². The summed E-state index contributed by atoms with van der Waals surface area (Å²) in [7, 11) is 0. The summed E-state index contributed by atoms with van der Waals surface area (Å²) < 4.78 is 0. The molecule has 1 aliphatic rings. The van der Waals surface area contributed by atoms with E-state index in [1.165, 1.54) is 0 Å². The van der Waals surface area contributed by atoms with E-state index < -0.39 is 12.0 Å². The maximum Gasteiger partial charge on any atom is 0.326 e. The quantitative estimate of drug-likeness (QED) is 0.741. The van der Waals surface area contributed by atoms with Gasteiger partial charge in [-0.15, -0.1) is 0 Å². The van der Waals surface area contributed by atoms with Gasteiger partial charge < -0.3 is 15.3 Å². The molecule has 2 amide bonds. The van der Waals surface area contributed by atoms with E-state index in [2.05, 4.69) is 17.1 Å². The summed E-state index contributed by atoms with van der Waals surface area (Å²) in [6.45, 7) is 8.29. The zero-order valence-corrected chi connectivity index (χ0v) is 12.6. The lowest BCUT2D eigenvalue weighted by molar-refractivity contribution is -0.139. The van der Waals surface area contributed by atoms with Crippen LogP contribution in [0.4, 0.5) is 4.79 Å². The zero-order valence-electron chi connectivity index (χ0n) is 12.6. The van der Waals surface area contributed by atoms with Crippen LogP contribution in [0, 0.1) is 0 Å². The maximum absolute atomic E-state index is 12.1. The molecule has 2 N–H and O–H groups in total. The van der Waals surface area contributed by atoms with Crippen molar-refractivity contribution in [1.29, 1.82) is 0 Å². The van der Waals surface area contributed by atoms with Crippen molar-refractivity contribution in [2.24, 2.45) is 0 Å². The van der Waals surface area contributed by atoms with Gasteiger partial charge in [-0.1, -0.05) is 26.7 Å². The molecule has 0 saturated carbocycles. The van der Waals surface area contributed by atoms with E-state index in [9.17, 15) is 9.59 Å². The Balaban J connectivity index is 2.39. The molecule has 0 aromatic carbocycles. The smallest absolute Gasteiger partial charge is 0.326 e. The first kappa shape index (κ1) is 16.8. The molecular weight excluding hydrogens is 258 g/mol. The van der Waals surface area contributed by atoms with Crippen molar-refractivity contribution in [1.82, 2.24) is 15.1 Å². The van der Waals surface area contributed by atoms with Gasteiger partial charge in [0.2, 0.25) is 0 Å². The standard InChI is InChI=1S/C14H27N3O3/c1-3-5-6-12(13(18)19)15-14(20)17-10-8-16(7-4-2)9-11-17/h12H,3-11H2,1-2H3,(H,15,20)(H,18,19)/t12-/m0/s1. The fraction of sp³-hybridized carbons (Fsp3) is 0.857. The van der Waals surface area contributed by atoms with Crippen molar-refractivity contribution in [3.05, 3.63) is 0 Å². The topological polar surface area (TPSA) is 72.9 Å². The first-order chi connectivity index (χ1) is 9.58. The van der Waals surface area contributed by atoms with Crippen LogP contribution in [0.3, 0.4) is 0 Å². The van der Waals surface area contributed by atoms with Crippen LogP contribution in [0.15, 0.2) is 0 Å². The van der Waals surface area contributed by atoms with Crippen LogP contribution < -0.4 is 5.32 Å². The highest BCUT2D eigenvalue weighted by Crippen LogP contribution is 2.05. The number of hydrogen-bond donors (Lipinski definition) is 2. The second-order valence-corrected chi connectivity index (χ2v) is 5.31. The molecule has 0 radical (unpaired) electrons. The molecule has 1 fully saturated rings. The SMILES string of the molecule is CCCC[C@H](NC(=O)N1CCN(CCC)CC1)C(=O)O. The van der Waals surface area contributed by atoms with Gasteiger partial charge in [0.25, 0.3) is 0 Å². The number of piperazine rings is 1. The monoisotopic (exact) mass is 285 g/mol. The number of carbonyl (C=O) groups excluding carboxylic acids is 1. The van der Waals surface area contributed by atoms with Crippen LogP contribution in [0.5, 0.6) is 0 Å². The van der Waals surface area contributed by atoms with Crippen molar-refractivity contribution < 1.29 is 14.7 Å². The van der Waals surface area contributed by atoms with Crippen molar-refractivity contribution >= 4 is 12.0 Å². The molecular formula is C14H27N3O3. The number of hydrogen-bond acceptors (Lipinski definition) is 3. The molecule has 20 heavy (non-hydrogen) atoms. The Morgan fingerprint density at radius 1 is 1.15 bits per heavy atom. The number of carboxylic acid groups (broad SMARTS) is 1. The maximum atomic E-state index is 12.1. The third-order valence-corrected chi connectivity index (χ3v) is 3.64. The molecule has 0 aliphatic carbocycles. The fourth-order valence-corrected chi connectivity index (χ4v) is 2.40. The second-order valence-electron chi connectivity index (χ2n) is 5.31. The van der Waals surface area contributed by atoms with Crippen LogP contribution in [-0.4, -0.2) is 65.7 Å². The first-order valence-corrected chi connectivity index (χ1v) is 7.59. The highest BCUT2D eigenvalue weighted by atomic mass is 16.4. The Morgan fingerprint density at radius 2 is 1.80 bits per heavy atom. The van der Waals surface area contributed by atoms with E-state index in [1.807, 2.05) is 6.92 Å².